The van der Waals surface area contributed by atoms with E-state index in [4.69, 9.17) is 9.47 Å². The molecule has 1 aromatic carbocycles. The fourth-order valence-corrected chi connectivity index (χ4v) is 4.70. The molecule has 1 heterocycles. The maximum Gasteiger partial charge on any atom is 0.339 e. The fraction of sp³-hybridized carbons (Fsp3) is 0.600. The van der Waals surface area contributed by atoms with Crippen molar-refractivity contribution in [3.8, 4) is 0 Å². The van der Waals surface area contributed by atoms with Crippen LogP contribution in [0.3, 0.4) is 0 Å². The molecule has 1 aliphatic carbocycles. The van der Waals surface area contributed by atoms with Gasteiger partial charge in [0.15, 0.2) is 6.10 Å². The van der Waals surface area contributed by atoms with Crippen LogP contribution < -0.4 is 4.72 Å². The maximum absolute atomic E-state index is 12.7. The van der Waals surface area contributed by atoms with Crippen molar-refractivity contribution >= 4 is 21.9 Å². The number of amides is 1. The van der Waals surface area contributed by atoms with E-state index >= 15 is 0 Å². The largest absolute Gasteiger partial charge is 0.449 e. The zero-order valence-corrected chi connectivity index (χ0v) is 18.0. The number of aryl methyl sites for hydroxylation is 1. The number of nitrogens with one attached hydrogen (secondary N) is 1. The van der Waals surface area contributed by atoms with Gasteiger partial charge in [-0.3, -0.25) is 4.79 Å². The molecular weight excluding hydrogens is 396 g/mol. The number of carbonyl (C=O) groups is 2. The lowest BCUT2D eigenvalue weighted by Gasteiger charge is -2.36. The number of sulfonamides is 1. The first-order chi connectivity index (χ1) is 13.6. The van der Waals surface area contributed by atoms with Crippen LogP contribution in [-0.2, 0) is 24.3 Å². The summed E-state index contributed by atoms with van der Waals surface area (Å²) in [5.41, 5.74) is 0.709. The van der Waals surface area contributed by atoms with Gasteiger partial charge >= 0.3 is 5.97 Å². The Hall–Kier alpha value is -1.97. The third kappa shape index (κ3) is 5.34. The summed E-state index contributed by atoms with van der Waals surface area (Å²) in [7, 11) is -3.69. The quantitative estimate of drug-likeness (QED) is 0.696. The second-order valence-corrected chi connectivity index (χ2v) is 9.63. The van der Waals surface area contributed by atoms with E-state index in [1.165, 1.54) is 19.1 Å². The van der Waals surface area contributed by atoms with Crippen LogP contribution in [0.15, 0.2) is 23.1 Å². The number of nitrogens with zero attached hydrogens (tertiary/aromatic N) is 1. The van der Waals surface area contributed by atoms with E-state index in [9.17, 15) is 18.0 Å². The smallest absolute Gasteiger partial charge is 0.339 e. The van der Waals surface area contributed by atoms with Crippen molar-refractivity contribution in [1.82, 2.24) is 9.62 Å². The van der Waals surface area contributed by atoms with Gasteiger partial charge < -0.3 is 14.4 Å². The first-order valence-electron chi connectivity index (χ1n) is 9.85. The highest BCUT2D eigenvalue weighted by Crippen LogP contribution is 2.24. The van der Waals surface area contributed by atoms with E-state index in [1.54, 1.807) is 17.9 Å². The molecule has 1 amide bonds. The molecule has 3 unspecified atom stereocenters. The Kier molecular flexibility index (Phi) is 6.30. The van der Waals surface area contributed by atoms with E-state index in [0.717, 1.165) is 12.8 Å². The monoisotopic (exact) mass is 424 g/mol. The molecule has 3 atom stereocenters. The van der Waals surface area contributed by atoms with Gasteiger partial charge in [0.2, 0.25) is 10.0 Å². The molecule has 1 aromatic rings. The summed E-state index contributed by atoms with van der Waals surface area (Å²) in [5.74, 6) is -1.02. The Bertz CT molecular complexity index is 886. The molecule has 8 nitrogen and oxygen atoms in total. The van der Waals surface area contributed by atoms with Gasteiger partial charge in [-0.1, -0.05) is 6.07 Å². The Balaban J connectivity index is 1.71. The molecular formula is C20H28N2O6S. The zero-order valence-electron chi connectivity index (χ0n) is 17.2. The summed E-state index contributed by atoms with van der Waals surface area (Å²) in [6.07, 6.45) is 0.475. The first kappa shape index (κ1) is 21.7. The van der Waals surface area contributed by atoms with Crippen LogP contribution in [0.4, 0.5) is 0 Å². The van der Waals surface area contributed by atoms with Crippen LogP contribution in [0.5, 0.6) is 0 Å². The third-order valence-electron chi connectivity index (χ3n) is 5.00. The zero-order chi connectivity index (χ0) is 21.3. The molecule has 1 aliphatic heterocycles. The van der Waals surface area contributed by atoms with Crippen molar-refractivity contribution in [3.63, 3.8) is 0 Å². The van der Waals surface area contributed by atoms with Crippen molar-refractivity contribution in [2.45, 2.75) is 69.8 Å². The second-order valence-electron chi connectivity index (χ2n) is 7.92. The Labute approximate surface area is 171 Å². The summed E-state index contributed by atoms with van der Waals surface area (Å²) < 4.78 is 38.5. The minimum Gasteiger partial charge on any atom is -0.449 e. The third-order valence-corrected chi connectivity index (χ3v) is 6.52. The van der Waals surface area contributed by atoms with Gasteiger partial charge in [0.25, 0.3) is 5.91 Å². The van der Waals surface area contributed by atoms with Gasteiger partial charge in [-0.15, -0.1) is 0 Å². The van der Waals surface area contributed by atoms with Crippen LogP contribution in [0.1, 0.15) is 49.5 Å². The molecule has 0 radical (unpaired) electrons. The van der Waals surface area contributed by atoms with E-state index in [0.29, 0.717) is 18.7 Å². The molecule has 3 rings (SSSR count). The molecule has 0 bridgehead atoms. The predicted molar refractivity (Wildman–Crippen MR) is 106 cm³/mol. The highest BCUT2D eigenvalue weighted by atomic mass is 32.2. The Morgan fingerprint density at radius 2 is 1.83 bits per heavy atom. The van der Waals surface area contributed by atoms with Crippen molar-refractivity contribution < 1.29 is 27.5 Å². The predicted octanol–water partition coefficient (Wildman–Crippen LogP) is 1.62. The summed E-state index contributed by atoms with van der Waals surface area (Å²) in [4.78, 5) is 27.0. The number of carbonyl (C=O) groups excluding carboxylic acids is 2. The van der Waals surface area contributed by atoms with Crippen LogP contribution >= 0.6 is 0 Å². The first-order valence-corrected chi connectivity index (χ1v) is 11.3. The van der Waals surface area contributed by atoms with Gasteiger partial charge in [0.1, 0.15) is 0 Å². The standard InChI is InChI=1S/C20H28N2O6S/c1-12-5-8-17(29(25,26)21-16-6-7-16)9-18(12)20(24)28-15(4)19(23)22-10-13(2)27-14(3)11-22/h5,8-9,13-16,21H,6-7,10-11H2,1-4H3. The highest BCUT2D eigenvalue weighted by Gasteiger charge is 2.32. The number of benzene rings is 1. The number of ether oxygens (including phenoxy) is 2. The Morgan fingerprint density at radius 3 is 2.41 bits per heavy atom. The van der Waals surface area contributed by atoms with Gasteiger partial charge in [-0.2, -0.15) is 0 Å². The van der Waals surface area contributed by atoms with E-state index in [-0.39, 0.29) is 34.6 Å². The van der Waals surface area contributed by atoms with Gasteiger partial charge in [0.05, 0.1) is 22.7 Å². The van der Waals surface area contributed by atoms with E-state index in [1.807, 2.05) is 13.8 Å². The highest BCUT2D eigenvalue weighted by molar-refractivity contribution is 7.89. The maximum atomic E-state index is 12.7. The topological polar surface area (TPSA) is 102 Å². The SMILES string of the molecule is Cc1ccc(S(=O)(=O)NC2CC2)cc1C(=O)OC(C)C(=O)N1CC(C)OC(C)C1. The van der Waals surface area contributed by atoms with E-state index in [2.05, 4.69) is 4.72 Å². The normalized spacial score (nSPS) is 23.5. The summed E-state index contributed by atoms with van der Waals surface area (Å²) >= 11 is 0. The van der Waals surface area contributed by atoms with E-state index < -0.39 is 22.1 Å². The molecule has 9 heteroatoms. The number of esters is 1. The van der Waals surface area contributed by atoms with Gasteiger partial charge in [-0.05, 0) is 58.2 Å². The number of rotatable bonds is 6. The molecule has 1 saturated heterocycles. The Morgan fingerprint density at radius 1 is 1.21 bits per heavy atom. The molecule has 2 fully saturated rings. The summed E-state index contributed by atoms with van der Waals surface area (Å²) in [5, 5.41) is 0. The van der Waals surface area contributed by atoms with Crippen LogP contribution in [-0.4, -0.2) is 62.6 Å². The van der Waals surface area contributed by atoms with Crippen molar-refractivity contribution in [2.24, 2.45) is 0 Å². The molecule has 2 aliphatic rings. The number of morpholine rings is 1. The fourth-order valence-electron chi connectivity index (χ4n) is 3.37. The van der Waals surface area contributed by atoms with Crippen molar-refractivity contribution in [3.05, 3.63) is 29.3 Å². The molecule has 0 aromatic heterocycles. The molecule has 1 N–H and O–H groups in total. The van der Waals surface area contributed by atoms with Crippen LogP contribution in [0.2, 0.25) is 0 Å². The lowest BCUT2D eigenvalue weighted by Crippen LogP contribution is -2.51. The number of hydrogen-bond donors (Lipinski definition) is 1. The molecule has 1 saturated carbocycles. The molecule has 160 valence electrons. The molecule has 29 heavy (non-hydrogen) atoms. The average molecular weight is 425 g/mol. The summed E-state index contributed by atoms with van der Waals surface area (Å²) in [6.45, 7) is 7.86. The van der Waals surface area contributed by atoms with Gasteiger partial charge in [-0.25, -0.2) is 17.9 Å². The lowest BCUT2D eigenvalue weighted by molar-refractivity contribution is -0.151. The average Bonchev–Trinajstić information content (AvgIpc) is 3.43. The molecule has 0 spiro atoms. The lowest BCUT2D eigenvalue weighted by atomic mass is 10.1. The number of hydrogen-bond acceptors (Lipinski definition) is 6. The van der Waals surface area contributed by atoms with Crippen molar-refractivity contribution in [2.75, 3.05) is 13.1 Å². The van der Waals surface area contributed by atoms with Crippen LogP contribution in [0.25, 0.3) is 0 Å². The minimum absolute atomic E-state index is 0.0109. The van der Waals surface area contributed by atoms with Crippen molar-refractivity contribution in [1.29, 1.82) is 0 Å². The van der Waals surface area contributed by atoms with Crippen LogP contribution in [0, 0.1) is 6.92 Å². The van der Waals surface area contributed by atoms with Gasteiger partial charge in [0, 0.05) is 19.1 Å². The minimum atomic E-state index is -3.69. The summed E-state index contributed by atoms with van der Waals surface area (Å²) in [6, 6.07) is 4.30. The second kappa shape index (κ2) is 8.41.